The quantitative estimate of drug-likeness (QED) is 0.619. The molecular formula is C23H24N3O2S2+. The fourth-order valence-corrected chi connectivity index (χ4v) is 5.54. The monoisotopic (exact) mass is 438 g/mol. The standard InChI is InChI=1S/C23H24N3O2S2/c1-3-26-22(16-17-8-6-7-13-25(17)14-15-27)30-20(23(26)28)11-12-21-24(2)18-9-4-5-10-19(18)29-21/h4-13,16,27H,3,14-15H2,1-2H3/q+1/b20-11-,21-12-. The van der Waals surface area contributed by atoms with Gasteiger partial charge in [-0.2, -0.15) is 4.57 Å². The highest BCUT2D eigenvalue weighted by molar-refractivity contribution is 8.03. The second kappa shape index (κ2) is 9.04. The molecule has 0 aliphatic carbocycles. The van der Waals surface area contributed by atoms with E-state index in [9.17, 15) is 9.90 Å². The Morgan fingerprint density at radius 1 is 1.13 bits per heavy atom. The van der Waals surface area contributed by atoms with Gasteiger partial charge in [-0.15, -0.1) is 11.3 Å². The Labute approximate surface area is 183 Å². The molecule has 3 aromatic rings. The minimum Gasteiger partial charge on any atom is -0.390 e. The second-order valence-corrected chi connectivity index (χ2v) is 8.97. The predicted molar refractivity (Wildman–Crippen MR) is 124 cm³/mol. The topological polar surface area (TPSA) is 49.4 Å². The number of para-hydroxylation sites is 1. The highest BCUT2D eigenvalue weighted by Crippen LogP contribution is 2.44. The van der Waals surface area contributed by atoms with Crippen molar-refractivity contribution in [3.8, 4) is 0 Å². The van der Waals surface area contributed by atoms with Crippen LogP contribution in [0.15, 0.2) is 69.5 Å². The Hall–Kier alpha value is -2.61. The van der Waals surface area contributed by atoms with Gasteiger partial charge >= 0.3 is 0 Å². The number of rotatable bonds is 5. The molecule has 154 valence electrons. The number of pyridine rings is 1. The van der Waals surface area contributed by atoms with Gasteiger partial charge in [0, 0.05) is 36.7 Å². The van der Waals surface area contributed by atoms with Crippen molar-refractivity contribution < 1.29 is 9.67 Å². The summed E-state index contributed by atoms with van der Waals surface area (Å²) in [5.41, 5.74) is 2.17. The number of allylic oxidation sites excluding steroid dienone is 1. The van der Waals surface area contributed by atoms with Crippen LogP contribution in [0, 0.1) is 0 Å². The van der Waals surface area contributed by atoms with E-state index in [1.807, 2.05) is 73.3 Å². The SMILES string of the molecule is CCn1c(=O)/c(=C/C=C2\Sc3ccccc3N2C)s/c1=C\c1cccc[n+]1CCO. The molecule has 7 heteroatoms. The summed E-state index contributed by atoms with van der Waals surface area (Å²) in [6.45, 7) is 3.18. The number of aliphatic hydroxyl groups excluding tert-OH is 1. The van der Waals surface area contributed by atoms with Crippen LogP contribution in [0.1, 0.15) is 12.6 Å². The van der Waals surface area contributed by atoms with E-state index in [2.05, 4.69) is 17.0 Å². The largest absolute Gasteiger partial charge is 0.390 e. The molecular weight excluding hydrogens is 414 g/mol. The van der Waals surface area contributed by atoms with Crippen molar-refractivity contribution in [1.29, 1.82) is 0 Å². The minimum absolute atomic E-state index is 0.0263. The molecule has 0 saturated heterocycles. The molecule has 3 heterocycles. The molecule has 0 spiro atoms. The Balaban J connectivity index is 1.76. The van der Waals surface area contributed by atoms with Crippen LogP contribution in [0.4, 0.5) is 5.69 Å². The molecule has 0 unspecified atom stereocenters. The number of thiazole rings is 1. The fraction of sp³-hybridized carbons (Fsp3) is 0.217. The van der Waals surface area contributed by atoms with Crippen molar-refractivity contribution in [1.82, 2.24) is 4.57 Å². The molecule has 0 saturated carbocycles. The molecule has 0 radical (unpaired) electrons. The average Bonchev–Trinajstić information content (AvgIpc) is 3.24. The number of benzene rings is 1. The van der Waals surface area contributed by atoms with Crippen LogP contribution in [0.3, 0.4) is 0 Å². The predicted octanol–water partition coefficient (Wildman–Crippen LogP) is 1.90. The van der Waals surface area contributed by atoms with Crippen molar-refractivity contribution in [2.24, 2.45) is 0 Å². The van der Waals surface area contributed by atoms with Gasteiger partial charge in [-0.1, -0.05) is 23.9 Å². The molecule has 5 nitrogen and oxygen atoms in total. The van der Waals surface area contributed by atoms with Gasteiger partial charge in [-0.05, 0) is 37.3 Å². The lowest BCUT2D eigenvalue weighted by Gasteiger charge is -2.12. The Morgan fingerprint density at radius 2 is 1.93 bits per heavy atom. The van der Waals surface area contributed by atoms with E-state index in [0.717, 1.165) is 15.4 Å². The van der Waals surface area contributed by atoms with E-state index in [4.69, 9.17) is 0 Å². The lowest BCUT2D eigenvalue weighted by Crippen LogP contribution is -2.39. The Morgan fingerprint density at radius 3 is 2.70 bits per heavy atom. The van der Waals surface area contributed by atoms with Crippen molar-refractivity contribution in [2.45, 2.75) is 24.9 Å². The third kappa shape index (κ3) is 4.01. The maximum absolute atomic E-state index is 13.0. The van der Waals surface area contributed by atoms with Crippen molar-refractivity contribution >= 4 is 40.9 Å². The number of fused-ring (bicyclic) bond motifs is 1. The zero-order valence-corrected chi connectivity index (χ0v) is 18.6. The maximum atomic E-state index is 13.0. The first kappa shape index (κ1) is 20.7. The van der Waals surface area contributed by atoms with Gasteiger partial charge in [0.2, 0.25) is 5.69 Å². The molecule has 0 amide bonds. The summed E-state index contributed by atoms with van der Waals surface area (Å²) in [7, 11) is 2.05. The van der Waals surface area contributed by atoms with Gasteiger partial charge in [0.05, 0.1) is 15.2 Å². The van der Waals surface area contributed by atoms with E-state index in [-0.39, 0.29) is 12.2 Å². The zero-order valence-electron chi connectivity index (χ0n) is 17.0. The van der Waals surface area contributed by atoms with Crippen molar-refractivity contribution in [3.05, 3.63) is 85.0 Å². The number of nitrogens with zero attached hydrogens (tertiary/aromatic N) is 3. The second-order valence-electron chi connectivity index (χ2n) is 6.84. The first-order valence-electron chi connectivity index (χ1n) is 9.85. The maximum Gasteiger partial charge on any atom is 0.269 e. The summed E-state index contributed by atoms with van der Waals surface area (Å²) >= 11 is 3.20. The van der Waals surface area contributed by atoms with Gasteiger partial charge in [0.15, 0.2) is 12.7 Å². The van der Waals surface area contributed by atoms with Crippen LogP contribution in [0.2, 0.25) is 0 Å². The molecule has 1 aliphatic heterocycles. The zero-order chi connectivity index (χ0) is 21.1. The highest BCUT2D eigenvalue weighted by atomic mass is 32.2. The first-order valence-corrected chi connectivity index (χ1v) is 11.5. The van der Waals surface area contributed by atoms with Crippen molar-refractivity contribution in [3.63, 3.8) is 0 Å². The molecule has 2 aromatic heterocycles. The summed E-state index contributed by atoms with van der Waals surface area (Å²) in [5.74, 6) is 0. The van der Waals surface area contributed by atoms with Crippen LogP contribution in [0.5, 0.6) is 0 Å². The molecule has 0 atom stereocenters. The molecule has 30 heavy (non-hydrogen) atoms. The number of hydrogen-bond acceptors (Lipinski definition) is 5. The van der Waals surface area contributed by atoms with E-state index < -0.39 is 0 Å². The Kier molecular flexibility index (Phi) is 6.22. The summed E-state index contributed by atoms with van der Waals surface area (Å²) in [4.78, 5) is 16.3. The van der Waals surface area contributed by atoms with E-state index >= 15 is 0 Å². The molecule has 1 aliphatic rings. The lowest BCUT2D eigenvalue weighted by atomic mass is 10.3. The van der Waals surface area contributed by atoms with Crippen molar-refractivity contribution in [2.75, 3.05) is 18.6 Å². The van der Waals surface area contributed by atoms with Gasteiger partial charge in [0.1, 0.15) is 11.3 Å². The van der Waals surface area contributed by atoms with E-state index in [1.54, 1.807) is 16.3 Å². The molecule has 0 fully saturated rings. The lowest BCUT2D eigenvalue weighted by molar-refractivity contribution is -0.699. The summed E-state index contributed by atoms with van der Waals surface area (Å²) in [6, 6.07) is 14.2. The van der Waals surface area contributed by atoms with Crippen LogP contribution in [0.25, 0.3) is 12.2 Å². The fourth-order valence-electron chi connectivity index (χ4n) is 3.43. The Bertz CT molecular complexity index is 1270. The normalized spacial score (nSPS) is 16.0. The average molecular weight is 439 g/mol. The smallest absolute Gasteiger partial charge is 0.269 e. The van der Waals surface area contributed by atoms with Gasteiger partial charge < -0.3 is 10.0 Å². The third-order valence-corrected chi connectivity index (χ3v) is 7.25. The summed E-state index contributed by atoms with van der Waals surface area (Å²) in [5, 5.41) is 10.4. The summed E-state index contributed by atoms with van der Waals surface area (Å²) in [6.07, 6.45) is 7.90. The number of thioether (sulfide) groups is 1. The van der Waals surface area contributed by atoms with Gasteiger partial charge in [-0.3, -0.25) is 9.36 Å². The van der Waals surface area contributed by atoms with Gasteiger partial charge in [0.25, 0.3) is 5.56 Å². The third-order valence-electron chi connectivity index (χ3n) is 4.99. The van der Waals surface area contributed by atoms with Crippen LogP contribution >= 0.6 is 23.1 Å². The molecule has 0 bridgehead atoms. The van der Waals surface area contributed by atoms with Crippen LogP contribution < -0.4 is 24.2 Å². The number of anilines is 1. The highest BCUT2D eigenvalue weighted by Gasteiger charge is 2.20. The number of aliphatic hydroxyl groups is 1. The minimum atomic E-state index is 0.0263. The molecule has 1 aromatic carbocycles. The first-order chi connectivity index (χ1) is 14.6. The van der Waals surface area contributed by atoms with Crippen LogP contribution in [-0.2, 0) is 13.1 Å². The number of hydrogen-bond donors (Lipinski definition) is 1. The number of aromatic nitrogens is 2. The van der Waals surface area contributed by atoms with E-state index in [1.165, 1.54) is 21.9 Å². The summed E-state index contributed by atoms with van der Waals surface area (Å²) < 4.78 is 5.40. The van der Waals surface area contributed by atoms with Crippen LogP contribution in [-0.4, -0.2) is 23.3 Å². The van der Waals surface area contributed by atoms with Gasteiger partial charge in [-0.25, -0.2) is 0 Å². The van der Waals surface area contributed by atoms with E-state index in [0.29, 0.717) is 17.6 Å². The molecule has 1 N–H and O–H groups in total. The molecule has 4 rings (SSSR count).